The average molecular weight is 1620 g/mol. The van der Waals surface area contributed by atoms with Gasteiger partial charge < -0.3 is 76.6 Å². The summed E-state index contributed by atoms with van der Waals surface area (Å²) in [4.78, 5) is 140. The number of nitrogens with zero attached hydrogens (tertiary/aromatic N) is 6. The predicted octanol–water partition coefficient (Wildman–Crippen LogP) is 11.9. The Bertz CT molecular complexity index is 4010. The minimum absolute atomic E-state index is 0.0770. The Hall–Kier alpha value is -8.19. The second-order valence-electron chi connectivity index (χ2n) is 33.1. The van der Waals surface area contributed by atoms with E-state index in [2.05, 4.69) is 9.97 Å². The van der Waals surface area contributed by atoms with Crippen molar-refractivity contribution >= 4 is 53.2 Å². The minimum Gasteiger partial charge on any atom is -0.494 e. The van der Waals surface area contributed by atoms with Crippen LogP contribution in [-0.4, -0.2) is 245 Å². The number of aromatic nitrogens is 3. The van der Waals surface area contributed by atoms with Crippen LogP contribution in [0.5, 0.6) is 5.75 Å². The van der Waals surface area contributed by atoms with Crippen LogP contribution in [0.15, 0.2) is 109 Å². The van der Waals surface area contributed by atoms with E-state index >= 15 is 0 Å². The van der Waals surface area contributed by atoms with Crippen LogP contribution < -0.4 is 4.74 Å². The third kappa shape index (κ3) is 21.1. The first-order valence-electron chi connectivity index (χ1n) is 40.9. The molecular formula is C88H126N6O22. The summed E-state index contributed by atoms with van der Waals surface area (Å²) >= 11 is 0. The number of benzene rings is 2. The molecule has 2 unspecified atom stereocenters. The monoisotopic (exact) mass is 1620 g/mol. The summed E-state index contributed by atoms with van der Waals surface area (Å²) in [6, 6.07) is 18.7. The van der Waals surface area contributed by atoms with Crippen molar-refractivity contribution in [2.75, 3.05) is 55.6 Å². The summed E-state index contributed by atoms with van der Waals surface area (Å²) in [5.74, 6) is -9.57. The van der Waals surface area contributed by atoms with E-state index in [0.29, 0.717) is 30.6 Å². The van der Waals surface area contributed by atoms with Gasteiger partial charge in [0.05, 0.1) is 59.9 Å². The number of hydrogen-bond acceptors (Lipinski definition) is 26. The molecular weight excluding hydrogens is 1490 g/mol. The van der Waals surface area contributed by atoms with Gasteiger partial charge in [-0.2, -0.15) is 0 Å². The van der Waals surface area contributed by atoms with Gasteiger partial charge in [0.1, 0.15) is 48.0 Å². The largest absolute Gasteiger partial charge is 0.494 e. The van der Waals surface area contributed by atoms with Gasteiger partial charge in [-0.15, -0.1) is 0 Å². The highest BCUT2D eigenvalue weighted by Crippen LogP contribution is 2.46. The number of aliphatic hydroxyl groups is 1. The smallest absolute Gasteiger partial charge is 0.420 e. The molecule has 0 saturated carbocycles. The average Bonchev–Trinajstić information content (AvgIpc) is 1.56. The first kappa shape index (κ1) is 93.3. The zero-order chi connectivity index (χ0) is 85.6. The minimum atomic E-state index is -1.57. The zero-order valence-electron chi connectivity index (χ0n) is 71.8. The van der Waals surface area contributed by atoms with Crippen molar-refractivity contribution in [3.05, 3.63) is 115 Å². The number of carbonyl (C=O) groups is 9. The number of allylic oxidation sites excluding steroid dienone is 1. The number of rotatable bonds is 21. The van der Waals surface area contributed by atoms with Crippen molar-refractivity contribution in [3.63, 3.8) is 0 Å². The summed E-state index contributed by atoms with van der Waals surface area (Å²) in [5.41, 5.74) is -3.02. The molecule has 2 aromatic heterocycles. The Morgan fingerprint density at radius 1 is 0.647 bits per heavy atom. The maximum Gasteiger partial charge on any atom is 0.420 e. The van der Waals surface area contributed by atoms with E-state index in [1.165, 1.54) is 46.8 Å². The highest BCUT2D eigenvalue weighted by atomic mass is 16.7. The molecule has 0 bridgehead atoms. The zero-order valence-corrected chi connectivity index (χ0v) is 71.8. The Balaban J connectivity index is 0.000000291. The van der Waals surface area contributed by atoms with E-state index in [4.69, 9.17) is 56.8 Å². The van der Waals surface area contributed by atoms with Gasteiger partial charge in [0, 0.05) is 86.7 Å². The lowest BCUT2D eigenvalue weighted by molar-refractivity contribution is -0.295. The number of carbonyl (C=O) groups excluding carboxylic acids is 9. The number of cyclic esters (lactones) is 2. The van der Waals surface area contributed by atoms with Crippen molar-refractivity contribution in [2.45, 2.75) is 271 Å². The fraction of sp³-hybridized carbons (Fsp3) is 0.648. The molecule has 116 heavy (non-hydrogen) atoms. The van der Waals surface area contributed by atoms with Gasteiger partial charge in [0.25, 0.3) is 0 Å². The van der Waals surface area contributed by atoms with Crippen LogP contribution in [0.25, 0.3) is 11.1 Å². The van der Waals surface area contributed by atoms with Crippen LogP contribution >= 0.6 is 0 Å². The van der Waals surface area contributed by atoms with Crippen LogP contribution in [0.2, 0.25) is 0 Å². The topological polar surface area (TPSA) is 325 Å². The normalized spacial score (nSPS) is 35.2. The van der Waals surface area contributed by atoms with Gasteiger partial charge in [0.2, 0.25) is 0 Å². The molecule has 9 rings (SSSR count). The fourth-order valence-corrected chi connectivity index (χ4v) is 17.6. The van der Waals surface area contributed by atoms with Crippen LogP contribution in [0.4, 0.5) is 9.59 Å². The van der Waals surface area contributed by atoms with Gasteiger partial charge >= 0.3 is 30.1 Å². The summed E-state index contributed by atoms with van der Waals surface area (Å²) in [7, 11) is 10.5. The molecule has 0 spiro atoms. The quantitative estimate of drug-likeness (QED) is 0.0350. The van der Waals surface area contributed by atoms with Gasteiger partial charge in [-0.25, -0.2) is 23.9 Å². The molecule has 4 aromatic rings. The number of imidazole rings is 1. The van der Waals surface area contributed by atoms with E-state index in [1.54, 1.807) is 116 Å². The molecule has 24 atom stereocenters. The van der Waals surface area contributed by atoms with Gasteiger partial charge in [0.15, 0.2) is 47.2 Å². The van der Waals surface area contributed by atoms with E-state index < -0.39 is 161 Å². The van der Waals surface area contributed by atoms with E-state index in [-0.39, 0.29) is 93.1 Å². The molecule has 4 fully saturated rings. The lowest BCUT2D eigenvalue weighted by Crippen LogP contribution is -2.61. The number of amides is 1. The number of pyridine rings is 1. The number of hydrogen-bond donors (Lipinski definition) is 1. The Morgan fingerprint density at radius 2 is 1.22 bits per heavy atom. The summed E-state index contributed by atoms with van der Waals surface area (Å²) in [5, 5.41) is 11.5. The molecule has 1 N–H and O–H groups in total. The molecule has 4 saturated heterocycles. The predicted molar refractivity (Wildman–Crippen MR) is 429 cm³/mol. The van der Waals surface area contributed by atoms with Gasteiger partial charge in [-0.1, -0.05) is 98.7 Å². The molecule has 7 heterocycles. The molecule has 5 aliphatic rings. The summed E-state index contributed by atoms with van der Waals surface area (Å²) in [6.45, 7) is 28.3. The van der Waals surface area contributed by atoms with Crippen molar-refractivity contribution in [3.8, 4) is 16.9 Å². The molecule has 0 radical (unpaired) electrons. The fourth-order valence-electron chi connectivity index (χ4n) is 17.6. The van der Waals surface area contributed by atoms with E-state index in [1.807, 2.05) is 109 Å². The Labute approximate surface area is 683 Å². The molecule has 1 amide bonds. The van der Waals surface area contributed by atoms with Crippen molar-refractivity contribution in [2.24, 2.45) is 41.4 Å². The van der Waals surface area contributed by atoms with E-state index in [9.17, 15) is 48.3 Å². The Kier molecular flexibility index (Phi) is 32.6. The lowest BCUT2D eigenvalue weighted by atomic mass is 9.72. The van der Waals surface area contributed by atoms with Crippen molar-refractivity contribution in [1.82, 2.24) is 29.2 Å². The summed E-state index contributed by atoms with van der Waals surface area (Å²) < 4.78 is 76.5. The third-order valence-electron chi connectivity index (χ3n) is 24.4. The Morgan fingerprint density at radius 3 is 1.76 bits per heavy atom. The maximum atomic E-state index is 14.8. The lowest BCUT2D eigenvalue weighted by Gasteiger charge is -2.47. The maximum absolute atomic E-state index is 14.8. The third-order valence-corrected chi connectivity index (χ3v) is 24.4. The standard InChI is InChI=1S/C46H67N3O11.C42H59N3O11/c1-12-36-46(13-2)40(49(44(54)60-46)21-16-22-56-34-19-14-17-32(24-34)33-18-15-20-47-26-33)29(5)37(50)27(3)25-45(8,55-11)41(30(6)38(51)31(7)42(53)58-36)59-43-39(52)35(48(9)10)23-28(4)57-43;1-12-32-42(13-2,56-40(50)45-20-19-43-24-45)23-26(4)33(46)25(3)22-41(8,51-11)36(28(6)34(47)29(7)37(48)53-32)55-39-35(31(44(9)10)21-27(5)52-39)54-38(49)30-17-15-14-16-18-30/h14-15,17-20,24,26-31,35-36,39-41,43,52H,12-13,16,21-23,25H2,1-11H3;14-20,23-25,27-29,31-32,35-36,39H,12-13,21-22H2,1-11H3/b;26-23+/t27-,28-,29+,30+,31-,35+,36-,39-,40-,41-,43?,45+,46-;25-,27-,28+,29-,31+,32-,35-,36-,39?,41+,42+/m11/s1. The first-order chi connectivity index (χ1) is 54.8. The molecule has 5 aliphatic heterocycles. The second-order valence-corrected chi connectivity index (χ2v) is 33.1. The second kappa shape index (κ2) is 40.5. The summed E-state index contributed by atoms with van der Waals surface area (Å²) in [6.07, 6.45) is 1.27. The van der Waals surface area contributed by atoms with Crippen LogP contribution in [0.3, 0.4) is 0 Å². The molecule has 2 aromatic carbocycles. The molecule has 640 valence electrons. The van der Waals surface area contributed by atoms with Gasteiger partial charge in [-0.3, -0.25) is 33.8 Å². The van der Waals surface area contributed by atoms with Crippen LogP contribution in [0.1, 0.15) is 179 Å². The number of likely N-dealkylation sites (N-methyl/N-ethyl adjacent to an activating group) is 2. The number of ether oxygens (including phenoxy) is 12. The van der Waals surface area contributed by atoms with E-state index in [0.717, 1.165) is 15.7 Å². The number of fused-ring (bicyclic) bond motifs is 1. The van der Waals surface area contributed by atoms with Gasteiger partial charge in [-0.05, 0) is 182 Å². The van der Waals surface area contributed by atoms with Crippen LogP contribution in [-0.2, 0) is 80.9 Å². The van der Waals surface area contributed by atoms with Crippen molar-refractivity contribution < 1.29 is 105 Å². The highest BCUT2D eigenvalue weighted by molar-refractivity contribution is 6.01. The number of esters is 3. The first-order valence-corrected chi connectivity index (χ1v) is 40.9. The number of aliphatic hydroxyl groups excluding tert-OH is 1. The molecule has 28 nitrogen and oxygen atoms in total. The SMILES string of the molecule is CC[C@H]1OC(=O)[C@H](C)C(=O)[C@H](C)[C@@H](OC2O[C@H](C)C[C@H](N(C)C)[C@H]2O)[C@@](C)(OC)C[C@@H](C)C(=O)[C@H](C)[C@H]2N(CCCOc3cccc(-c4cccnc4)c3)C(=O)O[C@]12CC.CC[C@H]1OC(=O)[C@H](C)C(=O)[C@H](C)[C@@H](OC2O[C@H](C)C[C@H](N(C)C)[C@H]2OC(=O)c2ccccc2)[C@@](C)(OC)C[C@@H](C)C(=O)/C(C)=C/[C@]1(CC)OC(=O)n1ccnc1. The molecule has 28 heteroatoms. The number of Topliss-reactive ketones (excluding diaryl/α,β-unsaturated/α-hetero) is 4. The van der Waals surface area contributed by atoms with Crippen molar-refractivity contribution in [1.29, 1.82) is 0 Å². The van der Waals surface area contributed by atoms with Crippen LogP contribution in [0, 0.1) is 41.4 Å². The molecule has 0 aliphatic carbocycles. The number of ketones is 4. The number of methoxy groups -OCH3 is 2. The highest BCUT2D eigenvalue weighted by Gasteiger charge is 2.62.